The molecule has 0 spiro atoms. The zero-order valence-electron chi connectivity index (χ0n) is 21.6. The molecule has 1 aliphatic heterocycles. The number of fused-ring (bicyclic) bond motifs is 1. The molecule has 0 bridgehead atoms. The Labute approximate surface area is 224 Å². The second-order valence-electron chi connectivity index (χ2n) is 8.46. The first-order chi connectivity index (χ1) is 18.8. The number of carbonyl (C=O) groups excluding carboxylic acids is 2. The smallest absolute Gasteiger partial charge is 0.326 e. The Morgan fingerprint density at radius 3 is 2.38 bits per heavy atom. The Morgan fingerprint density at radius 1 is 0.974 bits per heavy atom. The molecule has 0 fully saturated rings. The first-order valence-electron chi connectivity index (χ1n) is 11.9. The summed E-state index contributed by atoms with van der Waals surface area (Å²) in [5.74, 6) is -0.267. The Morgan fingerprint density at radius 2 is 1.72 bits per heavy atom. The number of benzene rings is 3. The number of rotatable bonds is 11. The quantitative estimate of drug-likeness (QED) is 0.356. The van der Waals surface area contributed by atoms with Gasteiger partial charge in [0.15, 0.2) is 23.9 Å². The maximum atomic E-state index is 12.9. The summed E-state index contributed by atoms with van der Waals surface area (Å²) in [5.41, 5.74) is 1.65. The van der Waals surface area contributed by atoms with Gasteiger partial charge in [0.05, 0.1) is 26.9 Å². The number of methoxy groups -OCH3 is 3. The van der Waals surface area contributed by atoms with Gasteiger partial charge in [-0.1, -0.05) is 30.3 Å². The number of Topliss-reactive ketones (excluding diaryl/α,β-unsaturated/α-hetero) is 1. The Kier molecular flexibility index (Phi) is 8.35. The van der Waals surface area contributed by atoms with Gasteiger partial charge in [-0.15, -0.1) is 0 Å². The predicted octanol–water partition coefficient (Wildman–Crippen LogP) is 3.52. The van der Waals surface area contributed by atoms with Crippen LogP contribution < -0.4 is 29.0 Å². The zero-order valence-corrected chi connectivity index (χ0v) is 21.6. The number of allylic oxidation sites excluding steroid dienone is 1. The van der Waals surface area contributed by atoms with Gasteiger partial charge in [-0.2, -0.15) is 0 Å². The summed E-state index contributed by atoms with van der Waals surface area (Å²) in [7, 11) is 4.47. The van der Waals surface area contributed by atoms with E-state index < -0.39 is 24.5 Å². The minimum Gasteiger partial charge on any atom is -0.493 e. The third kappa shape index (κ3) is 6.12. The van der Waals surface area contributed by atoms with Crippen LogP contribution >= 0.6 is 0 Å². The molecule has 0 saturated heterocycles. The molecule has 0 aromatic heterocycles. The molecule has 0 unspecified atom stereocenters. The molecule has 0 saturated carbocycles. The number of nitrogens with one attached hydrogen (secondary N) is 1. The van der Waals surface area contributed by atoms with Gasteiger partial charge in [0.25, 0.3) is 5.91 Å². The van der Waals surface area contributed by atoms with Crippen molar-refractivity contribution in [1.29, 1.82) is 0 Å². The van der Waals surface area contributed by atoms with Gasteiger partial charge in [-0.05, 0) is 35.9 Å². The van der Waals surface area contributed by atoms with E-state index in [1.807, 2.05) is 6.07 Å². The second-order valence-corrected chi connectivity index (χ2v) is 8.46. The summed E-state index contributed by atoms with van der Waals surface area (Å²) in [6.45, 7) is -0.420. The number of carboxylic acids is 1. The van der Waals surface area contributed by atoms with Crippen molar-refractivity contribution in [3.8, 4) is 28.7 Å². The molecule has 3 aromatic rings. The van der Waals surface area contributed by atoms with E-state index in [-0.39, 0.29) is 29.5 Å². The SMILES string of the molecule is COc1ccc(C=C2Oc3cc(OCC(=O)N[C@H](Cc4ccccc4)C(=O)O)ccc3C2=O)c(OC)c1OC. The van der Waals surface area contributed by atoms with Gasteiger partial charge < -0.3 is 34.1 Å². The Bertz CT molecular complexity index is 1420. The fourth-order valence-corrected chi connectivity index (χ4v) is 4.07. The summed E-state index contributed by atoms with van der Waals surface area (Å²) in [5, 5.41) is 12.0. The van der Waals surface area contributed by atoms with Crippen LogP contribution in [0.2, 0.25) is 0 Å². The summed E-state index contributed by atoms with van der Waals surface area (Å²) in [6.07, 6.45) is 1.67. The molecule has 1 aliphatic rings. The van der Waals surface area contributed by atoms with Crippen molar-refractivity contribution in [2.45, 2.75) is 12.5 Å². The lowest BCUT2D eigenvalue weighted by Crippen LogP contribution is -2.44. The highest BCUT2D eigenvalue weighted by Crippen LogP contribution is 2.42. The fourth-order valence-electron chi connectivity index (χ4n) is 4.07. The minimum atomic E-state index is -1.15. The predicted molar refractivity (Wildman–Crippen MR) is 141 cm³/mol. The third-order valence-electron chi connectivity index (χ3n) is 5.95. The molecule has 0 aliphatic carbocycles. The molecular formula is C29H27NO9. The van der Waals surface area contributed by atoms with Crippen LogP contribution in [0, 0.1) is 0 Å². The molecule has 1 heterocycles. The molecule has 10 nitrogen and oxygen atoms in total. The number of hydrogen-bond acceptors (Lipinski definition) is 8. The number of ether oxygens (including phenoxy) is 5. The lowest BCUT2D eigenvalue weighted by Gasteiger charge is -2.15. The topological polar surface area (TPSA) is 130 Å². The average molecular weight is 534 g/mol. The monoisotopic (exact) mass is 533 g/mol. The number of carboxylic acid groups (broad SMARTS) is 1. The van der Waals surface area contributed by atoms with Crippen LogP contribution in [0.3, 0.4) is 0 Å². The van der Waals surface area contributed by atoms with Crippen LogP contribution in [0.15, 0.2) is 66.4 Å². The van der Waals surface area contributed by atoms with Crippen LogP contribution in [0.5, 0.6) is 28.7 Å². The largest absolute Gasteiger partial charge is 0.493 e. The van der Waals surface area contributed by atoms with E-state index in [4.69, 9.17) is 23.7 Å². The van der Waals surface area contributed by atoms with Crippen LogP contribution in [0.25, 0.3) is 6.08 Å². The summed E-state index contributed by atoms with van der Waals surface area (Å²) < 4.78 is 27.5. The number of carbonyl (C=O) groups is 3. The van der Waals surface area contributed by atoms with E-state index in [9.17, 15) is 19.5 Å². The van der Waals surface area contributed by atoms with Crippen molar-refractivity contribution in [3.05, 3.63) is 83.1 Å². The van der Waals surface area contributed by atoms with Gasteiger partial charge in [0.2, 0.25) is 11.5 Å². The third-order valence-corrected chi connectivity index (χ3v) is 5.95. The van der Waals surface area contributed by atoms with E-state index in [1.165, 1.54) is 45.6 Å². The lowest BCUT2D eigenvalue weighted by molar-refractivity contribution is -0.142. The van der Waals surface area contributed by atoms with E-state index >= 15 is 0 Å². The van der Waals surface area contributed by atoms with Crippen LogP contribution in [-0.4, -0.2) is 56.7 Å². The number of ketones is 1. The van der Waals surface area contributed by atoms with Gasteiger partial charge in [-0.25, -0.2) is 4.79 Å². The van der Waals surface area contributed by atoms with E-state index in [0.717, 1.165) is 5.56 Å². The first-order valence-corrected chi connectivity index (χ1v) is 11.9. The normalized spacial score (nSPS) is 13.7. The van der Waals surface area contributed by atoms with Crippen molar-refractivity contribution in [3.63, 3.8) is 0 Å². The van der Waals surface area contributed by atoms with Crippen LogP contribution in [0.1, 0.15) is 21.5 Å². The van der Waals surface area contributed by atoms with Crippen molar-refractivity contribution in [2.75, 3.05) is 27.9 Å². The molecule has 10 heteroatoms. The molecule has 0 radical (unpaired) electrons. The number of amides is 1. The van der Waals surface area contributed by atoms with Gasteiger partial charge >= 0.3 is 5.97 Å². The number of aliphatic carboxylic acids is 1. The molecule has 4 rings (SSSR count). The molecule has 1 atom stereocenters. The van der Waals surface area contributed by atoms with Gasteiger partial charge in [-0.3, -0.25) is 9.59 Å². The van der Waals surface area contributed by atoms with E-state index in [1.54, 1.807) is 36.4 Å². The summed E-state index contributed by atoms with van der Waals surface area (Å²) in [4.78, 5) is 36.9. The molecule has 2 N–H and O–H groups in total. The molecule has 202 valence electrons. The molecule has 3 aromatic carbocycles. The van der Waals surface area contributed by atoms with E-state index in [0.29, 0.717) is 28.4 Å². The van der Waals surface area contributed by atoms with E-state index in [2.05, 4.69) is 5.32 Å². The average Bonchev–Trinajstić information content (AvgIpc) is 3.25. The van der Waals surface area contributed by atoms with Crippen molar-refractivity contribution in [1.82, 2.24) is 5.32 Å². The molecule has 1 amide bonds. The van der Waals surface area contributed by atoms with Gasteiger partial charge in [0, 0.05) is 18.1 Å². The number of hydrogen-bond donors (Lipinski definition) is 2. The molecule has 39 heavy (non-hydrogen) atoms. The van der Waals surface area contributed by atoms with Crippen molar-refractivity contribution in [2.24, 2.45) is 0 Å². The van der Waals surface area contributed by atoms with Crippen LogP contribution in [-0.2, 0) is 16.0 Å². The Balaban J connectivity index is 1.43. The fraction of sp³-hybridized carbons (Fsp3) is 0.207. The highest BCUT2D eigenvalue weighted by Gasteiger charge is 2.29. The Hall–Kier alpha value is -4.99. The highest BCUT2D eigenvalue weighted by atomic mass is 16.5. The van der Waals surface area contributed by atoms with Crippen molar-refractivity contribution < 1.29 is 43.2 Å². The second kappa shape index (κ2) is 12.0. The standard InChI is InChI=1S/C29H27NO9/c1-35-22-12-9-18(27(36-2)28(22)37-3)14-24-26(32)20-11-10-19(15-23(20)39-24)38-16-25(31)30-21(29(33)34)13-17-7-5-4-6-8-17/h4-12,14-15,21H,13,16H2,1-3H3,(H,30,31)(H,33,34)/t21-/m1/s1. The summed E-state index contributed by atoms with van der Waals surface area (Å²) in [6, 6.07) is 15.8. The van der Waals surface area contributed by atoms with Crippen LogP contribution in [0.4, 0.5) is 0 Å². The maximum absolute atomic E-state index is 12.9. The summed E-state index contributed by atoms with van der Waals surface area (Å²) >= 11 is 0. The maximum Gasteiger partial charge on any atom is 0.326 e. The first kappa shape index (κ1) is 27.1. The zero-order chi connectivity index (χ0) is 27.9. The lowest BCUT2D eigenvalue weighted by atomic mass is 10.1. The molecular weight excluding hydrogens is 506 g/mol. The minimum absolute atomic E-state index is 0.0654. The highest BCUT2D eigenvalue weighted by molar-refractivity contribution is 6.14. The van der Waals surface area contributed by atoms with Gasteiger partial charge in [0.1, 0.15) is 17.5 Å². The van der Waals surface area contributed by atoms with Crippen molar-refractivity contribution >= 4 is 23.7 Å².